The van der Waals surface area contributed by atoms with E-state index in [0.29, 0.717) is 18.0 Å². The van der Waals surface area contributed by atoms with Crippen LogP contribution in [0.5, 0.6) is 0 Å². The Morgan fingerprint density at radius 1 is 1.08 bits per heavy atom. The molecule has 0 radical (unpaired) electrons. The lowest BCUT2D eigenvalue weighted by atomic mass is 10.1. The van der Waals surface area contributed by atoms with Crippen molar-refractivity contribution in [1.29, 1.82) is 0 Å². The fourth-order valence-electron chi connectivity index (χ4n) is 3.39. The third-order valence-electron chi connectivity index (χ3n) is 4.92. The van der Waals surface area contributed by atoms with Crippen molar-refractivity contribution in [2.45, 2.75) is 24.2 Å². The number of sulfonamides is 1. The van der Waals surface area contributed by atoms with Gasteiger partial charge < -0.3 is 16.0 Å². The highest BCUT2D eigenvalue weighted by molar-refractivity contribution is 7.89. The van der Waals surface area contributed by atoms with E-state index in [-0.39, 0.29) is 32.1 Å². The summed E-state index contributed by atoms with van der Waals surface area (Å²) in [5.74, 6) is -0.627. The van der Waals surface area contributed by atoms with Crippen LogP contribution >= 0.6 is 0 Å². The number of benzene rings is 1. The van der Waals surface area contributed by atoms with Crippen molar-refractivity contribution < 1.29 is 18.0 Å². The molecule has 0 aromatic heterocycles. The van der Waals surface area contributed by atoms with Gasteiger partial charge in [-0.2, -0.15) is 4.31 Å². The largest absolute Gasteiger partial charge is 0.346 e. The smallest absolute Gasteiger partial charge is 0.243 e. The molecular weight excluding hydrogens is 356 g/mol. The van der Waals surface area contributed by atoms with Crippen LogP contribution in [0, 0.1) is 0 Å². The number of amides is 2. The van der Waals surface area contributed by atoms with E-state index in [1.807, 2.05) is 6.07 Å². The summed E-state index contributed by atoms with van der Waals surface area (Å²) in [4.78, 5) is 25.1. The standard InChI is InChI=1S/C17H24N4O4S/c18-11-16(22)19-12-17(23)20-6-8-21(9-7-20)26(24,25)15-5-4-13-2-1-3-14(13)10-15/h4-5,10H,1-3,6-9,11-12,18H2,(H,19,22). The second kappa shape index (κ2) is 7.73. The van der Waals surface area contributed by atoms with Gasteiger partial charge in [-0.1, -0.05) is 6.07 Å². The number of carbonyl (C=O) groups excluding carboxylic acids is 2. The maximum atomic E-state index is 12.9. The normalized spacial score (nSPS) is 17.8. The summed E-state index contributed by atoms with van der Waals surface area (Å²) in [5.41, 5.74) is 7.54. The van der Waals surface area contributed by atoms with E-state index >= 15 is 0 Å². The summed E-state index contributed by atoms with van der Waals surface area (Å²) in [5, 5.41) is 2.43. The molecule has 0 bridgehead atoms. The van der Waals surface area contributed by atoms with Crippen LogP contribution in [-0.2, 0) is 32.5 Å². The van der Waals surface area contributed by atoms with Gasteiger partial charge in [0.2, 0.25) is 21.8 Å². The van der Waals surface area contributed by atoms with Crippen molar-refractivity contribution >= 4 is 21.8 Å². The van der Waals surface area contributed by atoms with Crippen LogP contribution in [0.25, 0.3) is 0 Å². The molecule has 0 unspecified atom stereocenters. The van der Waals surface area contributed by atoms with Crippen LogP contribution in [0.3, 0.4) is 0 Å². The Labute approximate surface area is 153 Å². The van der Waals surface area contributed by atoms with Gasteiger partial charge in [-0.3, -0.25) is 9.59 Å². The van der Waals surface area contributed by atoms with Gasteiger partial charge in [-0.25, -0.2) is 8.42 Å². The summed E-state index contributed by atoms with van der Waals surface area (Å²) in [7, 11) is -3.55. The van der Waals surface area contributed by atoms with Crippen LogP contribution in [-0.4, -0.2) is 68.7 Å². The minimum atomic E-state index is -3.55. The van der Waals surface area contributed by atoms with E-state index in [1.165, 1.54) is 9.87 Å². The third-order valence-corrected chi connectivity index (χ3v) is 6.82. The van der Waals surface area contributed by atoms with E-state index in [2.05, 4.69) is 5.32 Å². The number of hydrogen-bond acceptors (Lipinski definition) is 5. The highest BCUT2D eigenvalue weighted by Gasteiger charge is 2.30. The lowest BCUT2D eigenvalue weighted by Crippen LogP contribution is -2.52. The molecule has 0 spiro atoms. The fraction of sp³-hybridized carbons (Fsp3) is 0.529. The second-order valence-electron chi connectivity index (χ2n) is 6.55. The summed E-state index contributed by atoms with van der Waals surface area (Å²) < 4.78 is 27.2. The SMILES string of the molecule is NCC(=O)NCC(=O)N1CCN(S(=O)(=O)c2ccc3c(c2)CCC3)CC1. The summed E-state index contributed by atoms with van der Waals surface area (Å²) >= 11 is 0. The second-order valence-corrected chi connectivity index (χ2v) is 8.49. The average Bonchev–Trinajstić information content (AvgIpc) is 3.13. The van der Waals surface area contributed by atoms with Crippen LogP contribution < -0.4 is 11.1 Å². The Kier molecular flexibility index (Phi) is 5.59. The molecule has 2 aliphatic rings. The third kappa shape index (κ3) is 3.89. The molecule has 0 saturated carbocycles. The van der Waals surface area contributed by atoms with Gasteiger partial charge in [-0.15, -0.1) is 0 Å². The first-order chi connectivity index (χ1) is 12.4. The van der Waals surface area contributed by atoms with Crippen molar-refractivity contribution in [3.8, 4) is 0 Å². The van der Waals surface area contributed by atoms with Gasteiger partial charge in [0.05, 0.1) is 18.0 Å². The van der Waals surface area contributed by atoms with Gasteiger partial charge in [0, 0.05) is 26.2 Å². The molecule has 2 amide bonds. The molecule has 3 rings (SSSR count). The number of fused-ring (bicyclic) bond motifs is 1. The number of hydrogen-bond donors (Lipinski definition) is 2. The zero-order valence-electron chi connectivity index (χ0n) is 14.6. The lowest BCUT2D eigenvalue weighted by Gasteiger charge is -2.34. The molecule has 1 saturated heterocycles. The molecule has 26 heavy (non-hydrogen) atoms. The fourth-order valence-corrected chi connectivity index (χ4v) is 4.87. The monoisotopic (exact) mass is 380 g/mol. The molecule has 1 aromatic rings. The van der Waals surface area contributed by atoms with E-state index < -0.39 is 15.9 Å². The predicted octanol–water partition coefficient (Wildman–Crippen LogP) is -0.917. The zero-order valence-corrected chi connectivity index (χ0v) is 15.4. The Morgan fingerprint density at radius 3 is 2.46 bits per heavy atom. The zero-order chi connectivity index (χ0) is 18.7. The number of rotatable bonds is 5. The van der Waals surface area contributed by atoms with E-state index in [9.17, 15) is 18.0 Å². The van der Waals surface area contributed by atoms with Crippen molar-refractivity contribution in [2.24, 2.45) is 5.73 Å². The van der Waals surface area contributed by atoms with Gasteiger partial charge in [0.1, 0.15) is 0 Å². The first-order valence-corrected chi connectivity index (χ1v) is 10.2. The average molecular weight is 380 g/mol. The topological polar surface area (TPSA) is 113 Å². The molecule has 1 aliphatic carbocycles. The summed E-state index contributed by atoms with van der Waals surface area (Å²) in [6.07, 6.45) is 3.01. The lowest BCUT2D eigenvalue weighted by molar-refractivity contribution is -0.133. The number of carbonyl (C=O) groups is 2. The molecule has 1 aliphatic heterocycles. The summed E-state index contributed by atoms with van der Waals surface area (Å²) in [6, 6.07) is 5.38. The molecule has 8 nitrogen and oxygen atoms in total. The Morgan fingerprint density at radius 2 is 1.77 bits per heavy atom. The first-order valence-electron chi connectivity index (χ1n) is 8.78. The van der Waals surface area contributed by atoms with Gasteiger partial charge >= 0.3 is 0 Å². The van der Waals surface area contributed by atoms with Crippen molar-refractivity contribution in [2.75, 3.05) is 39.3 Å². The van der Waals surface area contributed by atoms with E-state index in [0.717, 1.165) is 24.8 Å². The van der Waals surface area contributed by atoms with Crippen molar-refractivity contribution in [1.82, 2.24) is 14.5 Å². The maximum Gasteiger partial charge on any atom is 0.243 e. The van der Waals surface area contributed by atoms with Gasteiger partial charge in [-0.05, 0) is 42.5 Å². The Hall–Kier alpha value is -1.97. The minimum Gasteiger partial charge on any atom is -0.346 e. The van der Waals surface area contributed by atoms with E-state index in [4.69, 9.17) is 5.73 Å². The van der Waals surface area contributed by atoms with Crippen LogP contribution in [0.4, 0.5) is 0 Å². The number of piperazine rings is 1. The molecule has 142 valence electrons. The molecule has 3 N–H and O–H groups in total. The molecule has 1 fully saturated rings. The Balaban J connectivity index is 1.60. The maximum absolute atomic E-state index is 12.9. The van der Waals surface area contributed by atoms with Crippen molar-refractivity contribution in [3.63, 3.8) is 0 Å². The highest BCUT2D eigenvalue weighted by atomic mass is 32.2. The molecule has 1 heterocycles. The number of aryl methyl sites for hydroxylation is 2. The summed E-state index contributed by atoms with van der Waals surface area (Å²) in [6.45, 7) is 0.822. The van der Waals surface area contributed by atoms with Crippen LogP contribution in [0.1, 0.15) is 17.5 Å². The first kappa shape index (κ1) is 18.8. The minimum absolute atomic E-state index is 0.117. The van der Waals surface area contributed by atoms with E-state index in [1.54, 1.807) is 17.0 Å². The molecular formula is C17H24N4O4S. The van der Waals surface area contributed by atoms with Crippen molar-refractivity contribution in [3.05, 3.63) is 29.3 Å². The number of nitrogens with two attached hydrogens (primary N) is 1. The number of nitrogens with zero attached hydrogens (tertiary/aromatic N) is 2. The quantitative estimate of drug-likeness (QED) is 0.686. The van der Waals surface area contributed by atoms with Gasteiger partial charge in [0.15, 0.2) is 0 Å². The highest BCUT2D eigenvalue weighted by Crippen LogP contribution is 2.26. The molecule has 0 atom stereocenters. The molecule has 9 heteroatoms. The number of nitrogens with one attached hydrogen (secondary N) is 1. The predicted molar refractivity (Wildman–Crippen MR) is 95.9 cm³/mol. The van der Waals surface area contributed by atoms with Crippen LogP contribution in [0.2, 0.25) is 0 Å². The van der Waals surface area contributed by atoms with Crippen LogP contribution in [0.15, 0.2) is 23.1 Å². The molecule has 1 aromatic carbocycles. The van der Waals surface area contributed by atoms with Gasteiger partial charge in [0.25, 0.3) is 0 Å². The Bertz CT molecular complexity index is 801.